The van der Waals surface area contributed by atoms with Gasteiger partial charge in [0.05, 0.1) is 7.11 Å². The molecule has 96 valence electrons. The number of ether oxygens (including phenoxy) is 1. The summed E-state index contributed by atoms with van der Waals surface area (Å²) >= 11 is 0. The lowest BCUT2D eigenvalue weighted by atomic mass is 9.99. The molecule has 4 nitrogen and oxygen atoms in total. The van der Waals surface area contributed by atoms with E-state index >= 15 is 0 Å². The number of rotatable bonds is 4. The Bertz CT molecular complexity index is 532. The predicted octanol–water partition coefficient (Wildman–Crippen LogP) is 3.52. The standard InChI is InChI=1S/C14H18N2O2/c1-9(2)10-5-6-13(17-4)11(7-10)12-8-18-14(15-3)16-12/h5-9H,1-4H3,(H,15,16). The molecule has 0 saturated carbocycles. The molecule has 0 aliphatic heterocycles. The average molecular weight is 246 g/mol. The molecule has 0 atom stereocenters. The Hall–Kier alpha value is -1.97. The van der Waals surface area contributed by atoms with E-state index in [0.29, 0.717) is 11.9 Å². The van der Waals surface area contributed by atoms with Crippen LogP contribution in [0.3, 0.4) is 0 Å². The lowest BCUT2D eigenvalue weighted by molar-refractivity contribution is 0.416. The van der Waals surface area contributed by atoms with Crippen molar-refractivity contribution >= 4 is 6.01 Å². The molecule has 1 N–H and O–H groups in total. The Morgan fingerprint density at radius 1 is 1.33 bits per heavy atom. The highest BCUT2D eigenvalue weighted by Gasteiger charge is 2.12. The SMILES string of the molecule is CNc1nc(-c2cc(C(C)C)ccc2OC)co1. The van der Waals surface area contributed by atoms with Crippen LogP contribution in [0.15, 0.2) is 28.9 Å². The van der Waals surface area contributed by atoms with Crippen LogP contribution in [0.5, 0.6) is 5.75 Å². The molecule has 1 heterocycles. The number of hydrogen-bond donors (Lipinski definition) is 1. The Labute approximate surface area is 107 Å². The van der Waals surface area contributed by atoms with Crippen molar-refractivity contribution in [3.63, 3.8) is 0 Å². The predicted molar refractivity (Wildman–Crippen MR) is 72.1 cm³/mol. The highest BCUT2D eigenvalue weighted by molar-refractivity contribution is 5.68. The zero-order valence-electron chi connectivity index (χ0n) is 11.2. The highest BCUT2D eigenvalue weighted by Crippen LogP contribution is 2.32. The third kappa shape index (κ3) is 2.32. The molecule has 0 saturated heterocycles. The molecule has 0 amide bonds. The Balaban J connectivity index is 2.49. The molecule has 0 fully saturated rings. The molecule has 2 rings (SSSR count). The molecule has 0 bridgehead atoms. The van der Waals surface area contributed by atoms with E-state index in [1.807, 2.05) is 6.07 Å². The molecule has 18 heavy (non-hydrogen) atoms. The third-order valence-corrected chi connectivity index (χ3v) is 2.88. The first kappa shape index (κ1) is 12.5. The summed E-state index contributed by atoms with van der Waals surface area (Å²) in [6, 6.07) is 6.65. The van der Waals surface area contributed by atoms with Crippen molar-refractivity contribution in [2.24, 2.45) is 0 Å². The zero-order chi connectivity index (χ0) is 13.1. The molecule has 0 unspecified atom stereocenters. The summed E-state index contributed by atoms with van der Waals surface area (Å²) in [4.78, 5) is 4.35. The first-order valence-electron chi connectivity index (χ1n) is 5.97. The van der Waals surface area contributed by atoms with Gasteiger partial charge in [-0.1, -0.05) is 19.9 Å². The molecule has 0 spiro atoms. The molecular weight excluding hydrogens is 228 g/mol. The van der Waals surface area contributed by atoms with Crippen LogP contribution in [0.2, 0.25) is 0 Å². The van der Waals surface area contributed by atoms with Gasteiger partial charge in [0.15, 0.2) is 0 Å². The molecule has 0 aliphatic rings. The van der Waals surface area contributed by atoms with Crippen molar-refractivity contribution in [2.45, 2.75) is 19.8 Å². The summed E-state index contributed by atoms with van der Waals surface area (Å²) in [6.45, 7) is 4.32. The number of benzene rings is 1. The number of oxazole rings is 1. The Morgan fingerprint density at radius 2 is 2.11 bits per heavy atom. The minimum Gasteiger partial charge on any atom is -0.496 e. The Kier molecular flexibility index (Phi) is 3.55. The fourth-order valence-electron chi connectivity index (χ4n) is 1.80. The highest BCUT2D eigenvalue weighted by atomic mass is 16.5. The minimum atomic E-state index is 0.463. The van der Waals surface area contributed by atoms with Crippen LogP contribution in [-0.2, 0) is 0 Å². The van der Waals surface area contributed by atoms with E-state index in [1.54, 1.807) is 20.4 Å². The van der Waals surface area contributed by atoms with E-state index < -0.39 is 0 Å². The molecule has 0 radical (unpaired) electrons. The van der Waals surface area contributed by atoms with Crippen LogP contribution in [0.1, 0.15) is 25.3 Å². The van der Waals surface area contributed by atoms with Crippen LogP contribution < -0.4 is 10.1 Å². The summed E-state index contributed by atoms with van der Waals surface area (Å²) in [5.41, 5.74) is 2.98. The topological polar surface area (TPSA) is 47.3 Å². The monoisotopic (exact) mass is 246 g/mol. The number of hydrogen-bond acceptors (Lipinski definition) is 4. The minimum absolute atomic E-state index is 0.463. The van der Waals surface area contributed by atoms with Gasteiger partial charge in [-0.3, -0.25) is 0 Å². The van der Waals surface area contributed by atoms with Gasteiger partial charge in [0.25, 0.3) is 6.01 Å². The maximum absolute atomic E-state index is 5.38. The van der Waals surface area contributed by atoms with Gasteiger partial charge >= 0.3 is 0 Å². The maximum Gasteiger partial charge on any atom is 0.294 e. The van der Waals surface area contributed by atoms with Crippen molar-refractivity contribution in [1.29, 1.82) is 0 Å². The fourth-order valence-corrected chi connectivity index (χ4v) is 1.80. The maximum atomic E-state index is 5.38. The normalized spacial score (nSPS) is 10.7. The molecule has 4 heteroatoms. The molecule has 1 aromatic carbocycles. The van der Waals surface area contributed by atoms with E-state index in [4.69, 9.17) is 9.15 Å². The zero-order valence-corrected chi connectivity index (χ0v) is 11.2. The van der Waals surface area contributed by atoms with Crippen LogP contribution in [0, 0.1) is 0 Å². The lowest BCUT2D eigenvalue weighted by Gasteiger charge is -2.10. The van der Waals surface area contributed by atoms with Crippen molar-refractivity contribution in [2.75, 3.05) is 19.5 Å². The summed E-state index contributed by atoms with van der Waals surface area (Å²) in [7, 11) is 3.43. The average Bonchev–Trinajstić information content (AvgIpc) is 2.86. The number of methoxy groups -OCH3 is 1. The van der Waals surface area contributed by atoms with Gasteiger partial charge in [0.2, 0.25) is 0 Å². The quantitative estimate of drug-likeness (QED) is 0.896. The van der Waals surface area contributed by atoms with Crippen LogP contribution in [0.4, 0.5) is 6.01 Å². The molecule has 1 aromatic heterocycles. The number of aromatic nitrogens is 1. The van der Waals surface area contributed by atoms with Gasteiger partial charge in [0, 0.05) is 12.6 Å². The summed E-state index contributed by atoms with van der Waals surface area (Å²) < 4.78 is 10.7. The first-order valence-corrected chi connectivity index (χ1v) is 5.97. The number of nitrogens with one attached hydrogen (secondary N) is 1. The smallest absolute Gasteiger partial charge is 0.294 e. The largest absolute Gasteiger partial charge is 0.496 e. The summed E-state index contributed by atoms with van der Waals surface area (Å²) in [6.07, 6.45) is 1.63. The van der Waals surface area contributed by atoms with E-state index in [1.165, 1.54) is 5.56 Å². The number of anilines is 1. The van der Waals surface area contributed by atoms with Crippen molar-refractivity contribution in [3.8, 4) is 17.0 Å². The number of nitrogens with zero attached hydrogens (tertiary/aromatic N) is 1. The van der Waals surface area contributed by atoms with E-state index in [-0.39, 0.29) is 0 Å². The third-order valence-electron chi connectivity index (χ3n) is 2.88. The summed E-state index contributed by atoms with van der Waals surface area (Å²) in [5.74, 6) is 1.26. The van der Waals surface area contributed by atoms with Crippen LogP contribution >= 0.6 is 0 Å². The molecular formula is C14H18N2O2. The first-order chi connectivity index (χ1) is 8.65. The van der Waals surface area contributed by atoms with Crippen molar-refractivity contribution in [3.05, 3.63) is 30.0 Å². The summed E-state index contributed by atoms with van der Waals surface area (Å²) in [5, 5.41) is 2.87. The Morgan fingerprint density at radius 3 is 2.67 bits per heavy atom. The van der Waals surface area contributed by atoms with Gasteiger partial charge in [-0.05, 0) is 23.6 Å². The molecule has 2 aromatic rings. The molecule has 0 aliphatic carbocycles. The van der Waals surface area contributed by atoms with Crippen LogP contribution in [0.25, 0.3) is 11.3 Å². The van der Waals surface area contributed by atoms with Gasteiger partial charge in [-0.2, -0.15) is 4.98 Å². The van der Waals surface area contributed by atoms with Gasteiger partial charge < -0.3 is 14.5 Å². The van der Waals surface area contributed by atoms with Crippen molar-refractivity contribution in [1.82, 2.24) is 4.98 Å². The lowest BCUT2D eigenvalue weighted by Crippen LogP contribution is -1.93. The van der Waals surface area contributed by atoms with Crippen LogP contribution in [-0.4, -0.2) is 19.1 Å². The fraction of sp³-hybridized carbons (Fsp3) is 0.357. The second-order valence-corrected chi connectivity index (χ2v) is 4.40. The van der Waals surface area contributed by atoms with Crippen molar-refractivity contribution < 1.29 is 9.15 Å². The van der Waals surface area contributed by atoms with E-state index in [0.717, 1.165) is 17.0 Å². The van der Waals surface area contributed by atoms with Gasteiger partial charge in [-0.25, -0.2) is 0 Å². The van der Waals surface area contributed by atoms with E-state index in [2.05, 4.69) is 36.3 Å². The van der Waals surface area contributed by atoms with Gasteiger partial charge in [-0.15, -0.1) is 0 Å². The van der Waals surface area contributed by atoms with Gasteiger partial charge in [0.1, 0.15) is 17.7 Å². The van der Waals surface area contributed by atoms with E-state index in [9.17, 15) is 0 Å². The second kappa shape index (κ2) is 5.12. The second-order valence-electron chi connectivity index (χ2n) is 4.40.